The molecule has 166 valence electrons. The monoisotopic (exact) mass is 414 g/mol. The largest absolute Gasteiger partial charge is 0.481 e. The lowest BCUT2D eigenvalue weighted by atomic mass is 9.90. The first kappa shape index (κ1) is 22.8. The van der Waals surface area contributed by atoms with Crippen LogP contribution in [-0.2, 0) is 22.4 Å². The second-order valence-electron chi connectivity index (χ2n) is 9.94. The highest BCUT2D eigenvalue weighted by molar-refractivity contribution is 5.78. The molecule has 0 atom stereocenters. The van der Waals surface area contributed by atoms with Gasteiger partial charge in [0.2, 0.25) is 0 Å². The summed E-state index contributed by atoms with van der Waals surface area (Å²) < 4.78 is 0. The highest BCUT2D eigenvalue weighted by Crippen LogP contribution is 2.50. The molecule has 0 aromatic heterocycles. The van der Waals surface area contributed by atoms with Gasteiger partial charge in [-0.1, -0.05) is 37.8 Å². The summed E-state index contributed by atoms with van der Waals surface area (Å²) in [6.07, 6.45) is 13.7. The molecule has 0 unspecified atom stereocenters. The third-order valence-electron chi connectivity index (χ3n) is 7.76. The highest BCUT2D eigenvalue weighted by atomic mass is 16.4. The van der Waals surface area contributed by atoms with Gasteiger partial charge in [-0.25, -0.2) is 0 Å². The van der Waals surface area contributed by atoms with Crippen LogP contribution in [0, 0.1) is 24.7 Å². The van der Waals surface area contributed by atoms with Crippen molar-refractivity contribution in [3.8, 4) is 0 Å². The average Bonchev–Trinajstić information content (AvgIpc) is 3.61. The summed E-state index contributed by atoms with van der Waals surface area (Å²) in [5.74, 6) is -1.20. The summed E-state index contributed by atoms with van der Waals surface area (Å²) in [5.41, 5.74) is 4.91. The van der Waals surface area contributed by atoms with E-state index in [0.29, 0.717) is 0 Å². The van der Waals surface area contributed by atoms with Crippen molar-refractivity contribution >= 4 is 11.9 Å². The van der Waals surface area contributed by atoms with Gasteiger partial charge in [0.25, 0.3) is 0 Å². The van der Waals surface area contributed by atoms with Gasteiger partial charge in [0.15, 0.2) is 0 Å². The van der Waals surface area contributed by atoms with E-state index in [1.807, 2.05) is 0 Å². The molecule has 0 aliphatic heterocycles. The van der Waals surface area contributed by atoms with Gasteiger partial charge in [-0.15, -0.1) is 0 Å². The number of hydrogen-bond donors (Lipinski definition) is 2. The van der Waals surface area contributed by atoms with Gasteiger partial charge in [-0.05, 0) is 100 Å². The van der Waals surface area contributed by atoms with Crippen molar-refractivity contribution < 1.29 is 19.8 Å². The Morgan fingerprint density at radius 2 is 1.27 bits per heavy atom. The Morgan fingerprint density at radius 3 is 1.73 bits per heavy atom. The van der Waals surface area contributed by atoms with Gasteiger partial charge in [-0.2, -0.15) is 0 Å². The number of aryl methyl sites for hydroxylation is 2. The predicted octanol–water partition coefficient (Wildman–Crippen LogP) is 6.24. The van der Waals surface area contributed by atoms with Crippen LogP contribution in [0.3, 0.4) is 0 Å². The Hall–Kier alpha value is -1.84. The summed E-state index contributed by atoms with van der Waals surface area (Å²) in [4.78, 5) is 22.6. The highest BCUT2D eigenvalue weighted by Gasteiger charge is 2.49. The van der Waals surface area contributed by atoms with Crippen LogP contribution in [0.2, 0.25) is 0 Å². The van der Waals surface area contributed by atoms with Gasteiger partial charge >= 0.3 is 11.9 Å². The summed E-state index contributed by atoms with van der Waals surface area (Å²) in [6.45, 7) is 4.40. The molecule has 3 rings (SSSR count). The molecule has 1 aromatic carbocycles. The summed E-state index contributed by atoms with van der Waals surface area (Å²) >= 11 is 0. The quantitative estimate of drug-likeness (QED) is 0.353. The minimum absolute atomic E-state index is 0.384. The van der Waals surface area contributed by atoms with E-state index in [0.717, 1.165) is 89.9 Å². The van der Waals surface area contributed by atoms with E-state index in [1.165, 1.54) is 22.3 Å². The number of hydrogen-bond acceptors (Lipinski definition) is 2. The van der Waals surface area contributed by atoms with Crippen LogP contribution in [0.25, 0.3) is 0 Å². The molecular weight excluding hydrogens is 376 g/mol. The van der Waals surface area contributed by atoms with Crippen LogP contribution in [0.15, 0.2) is 12.1 Å². The van der Waals surface area contributed by atoms with E-state index in [-0.39, 0.29) is 10.8 Å². The third-order valence-corrected chi connectivity index (χ3v) is 7.76. The van der Waals surface area contributed by atoms with Crippen LogP contribution >= 0.6 is 0 Å². The number of carbonyl (C=O) groups is 2. The first-order chi connectivity index (χ1) is 14.3. The lowest BCUT2D eigenvalue weighted by Crippen LogP contribution is -2.14. The zero-order chi connectivity index (χ0) is 21.8. The van der Waals surface area contributed by atoms with E-state index in [1.54, 1.807) is 0 Å². The maximum absolute atomic E-state index is 11.3. The van der Waals surface area contributed by atoms with Gasteiger partial charge in [0.1, 0.15) is 0 Å². The van der Waals surface area contributed by atoms with Crippen molar-refractivity contribution in [1.82, 2.24) is 0 Å². The van der Waals surface area contributed by atoms with Crippen LogP contribution in [0.1, 0.15) is 99.3 Å². The zero-order valence-electron chi connectivity index (χ0n) is 18.8. The Balaban J connectivity index is 1.43. The summed E-state index contributed by atoms with van der Waals surface area (Å²) in [6, 6.07) is 4.50. The topological polar surface area (TPSA) is 74.6 Å². The van der Waals surface area contributed by atoms with Gasteiger partial charge < -0.3 is 10.2 Å². The lowest BCUT2D eigenvalue weighted by Gasteiger charge is -2.16. The van der Waals surface area contributed by atoms with Gasteiger partial charge in [0.05, 0.1) is 10.8 Å². The fourth-order valence-electron chi connectivity index (χ4n) is 4.85. The van der Waals surface area contributed by atoms with E-state index < -0.39 is 11.9 Å². The van der Waals surface area contributed by atoms with Crippen molar-refractivity contribution in [1.29, 1.82) is 0 Å². The van der Waals surface area contributed by atoms with E-state index in [9.17, 15) is 19.8 Å². The fourth-order valence-corrected chi connectivity index (χ4v) is 4.85. The zero-order valence-corrected chi connectivity index (χ0v) is 18.8. The van der Waals surface area contributed by atoms with Crippen molar-refractivity contribution in [3.05, 3.63) is 34.4 Å². The van der Waals surface area contributed by atoms with Gasteiger partial charge in [0, 0.05) is 0 Å². The molecule has 0 amide bonds. The molecular formula is C26H38O4. The smallest absolute Gasteiger partial charge is 0.309 e. The average molecular weight is 415 g/mol. The first-order valence-corrected chi connectivity index (χ1v) is 11.8. The first-order valence-electron chi connectivity index (χ1n) is 11.8. The molecule has 2 aliphatic carbocycles. The number of rotatable bonds is 14. The molecule has 0 spiro atoms. The van der Waals surface area contributed by atoms with Crippen molar-refractivity contribution in [3.63, 3.8) is 0 Å². The number of carboxylic acids is 2. The molecule has 2 aliphatic rings. The van der Waals surface area contributed by atoms with Crippen LogP contribution < -0.4 is 0 Å². The molecule has 1 aromatic rings. The normalized spacial score (nSPS) is 18.2. The Kier molecular flexibility index (Phi) is 7.26. The molecule has 2 saturated carbocycles. The van der Waals surface area contributed by atoms with E-state index in [2.05, 4.69) is 26.0 Å². The molecule has 2 fully saturated rings. The Morgan fingerprint density at radius 1 is 0.767 bits per heavy atom. The number of benzene rings is 1. The molecule has 0 heterocycles. The van der Waals surface area contributed by atoms with E-state index >= 15 is 0 Å². The maximum Gasteiger partial charge on any atom is 0.309 e. The molecule has 30 heavy (non-hydrogen) atoms. The molecule has 4 nitrogen and oxygen atoms in total. The molecule has 0 radical (unpaired) electrons. The second kappa shape index (κ2) is 9.53. The Labute approximate surface area is 181 Å². The Bertz CT molecular complexity index is 771. The van der Waals surface area contributed by atoms with Crippen molar-refractivity contribution in [2.45, 2.75) is 104 Å². The molecule has 2 N–H and O–H groups in total. The minimum Gasteiger partial charge on any atom is -0.481 e. The maximum atomic E-state index is 11.3. The predicted molar refractivity (Wildman–Crippen MR) is 119 cm³/mol. The fraction of sp³-hybridized carbons (Fsp3) is 0.692. The van der Waals surface area contributed by atoms with Crippen LogP contribution in [0.4, 0.5) is 0 Å². The molecule has 4 heteroatoms. The summed E-state index contributed by atoms with van der Waals surface area (Å²) in [5, 5.41) is 18.6. The van der Waals surface area contributed by atoms with Crippen LogP contribution in [0.5, 0.6) is 0 Å². The van der Waals surface area contributed by atoms with E-state index in [4.69, 9.17) is 0 Å². The number of unbranched alkanes of at least 4 members (excludes halogenated alkanes) is 4. The SMILES string of the molecule is Cc1ccc(CCCCCC2(C(=O)O)CC2)c(CCCCCC2(C(=O)O)CC2)c1C. The second-order valence-corrected chi connectivity index (χ2v) is 9.94. The summed E-state index contributed by atoms with van der Waals surface area (Å²) in [7, 11) is 0. The lowest BCUT2D eigenvalue weighted by molar-refractivity contribution is -0.144. The van der Waals surface area contributed by atoms with Gasteiger partial charge in [-0.3, -0.25) is 9.59 Å². The molecule has 0 saturated heterocycles. The van der Waals surface area contributed by atoms with Crippen molar-refractivity contribution in [2.24, 2.45) is 10.8 Å². The number of aliphatic carboxylic acids is 2. The molecule has 0 bridgehead atoms. The van der Waals surface area contributed by atoms with Crippen LogP contribution in [-0.4, -0.2) is 22.2 Å². The minimum atomic E-state index is -0.602. The van der Waals surface area contributed by atoms with Crippen molar-refractivity contribution in [2.75, 3.05) is 0 Å². The number of carboxylic acid groups (broad SMARTS) is 2. The third kappa shape index (κ3) is 5.44. The standard InChI is InChI=1S/C26H38O4/c1-19-11-12-21(9-5-3-7-13-25(15-16-25)23(27)28)22(20(19)2)10-6-4-8-14-26(17-18-26)24(29)30/h11-12H,3-10,13-18H2,1-2H3,(H,27,28)(H,29,30).